The van der Waals surface area contributed by atoms with Crippen molar-refractivity contribution in [3.63, 3.8) is 0 Å². The molecule has 0 saturated heterocycles. The number of carboxylic acids is 1. The summed E-state index contributed by atoms with van der Waals surface area (Å²) in [6.45, 7) is 0. The molecule has 4 rings (SSSR count). The number of aliphatic carboxylic acids is 1. The number of imidazole rings is 1. The van der Waals surface area contributed by atoms with Crippen molar-refractivity contribution < 1.29 is 19.4 Å². The second-order valence-electron chi connectivity index (χ2n) is 5.69. The van der Waals surface area contributed by atoms with Gasteiger partial charge in [0.1, 0.15) is 0 Å². The van der Waals surface area contributed by atoms with Crippen LogP contribution in [0.1, 0.15) is 22.9 Å². The topological polar surface area (TPSA) is 73.1 Å². The maximum atomic E-state index is 11.5. The smallest absolute Gasteiger partial charge is 0.312 e. The van der Waals surface area contributed by atoms with Gasteiger partial charge in [0.25, 0.3) is 0 Å². The van der Waals surface area contributed by atoms with E-state index in [-0.39, 0.29) is 0 Å². The Morgan fingerprint density at radius 2 is 2.12 bits per heavy atom. The second kappa shape index (κ2) is 5.52. The summed E-state index contributed by atoms with van der Waals surface area (Å²) < 4.78 is 12.5. The van der Waals surface area contributed by atoms with E-state index in [2.05, 4.69) is 4.98 Å². The maximum Gasteiger partial charge on any atom is 0.312 e. The lowest BCUT2D eigenvalue weighted by molar-refractivity contribution is -0.138. The van der Waals surface area contributed by atoms with Gasteiger partial charge in [-0.25, -0.2) is 4.98 Å². The Morgan fingerprint density at radius 3 is 2.83 bits per heavy atom. The van der Waals surface area contributed by atoms with Gasteiger partial charge in [-0.3, -0.25) is 9.20 Å². The van der Waals surface area contributed by atoms with Gasteiger partial charge in [-0.2, -0.15) is 0 Å². The van der Waals surface area contributed by atoms with Crippen molar-refractivity contribution in [1.29, 1.82) is 0 Å². The molecule has 0 saturated carbocycles. The highest BCUT2D eigenvalue weighted by molar-refractivity contribution is 7.17. The van der Waals surface area contributed by atoms with E-state index in [1.807, 2.05) is 28.8 Å². The molecule has 1 N–H and O–H groups in total. The van der Waals surface area contributed by atoms with E-state index in [0.29, 0.717) is 17.9 Å². The lowest BCUT2D eigenvalue weighted by atomic mass is 10.1. The number of rotatable bonds is 4. The molecule has 0 radical (unpaired) electrons. The minimum atomic E-state index is -0.769. The fourth-order valence-corrected chi connectivity index (χ4v) is 4.41. The molecule has 3 aromatic rings. The Morgan fingerprint density at radius 1 is 1.33 bits per heavy atom. The average molecular weight is 344 g/mol. The molecule has 7 heteroatoms. The summed E-state index contributed by atoms with van der Waals surface area (Å²) in [5.74, 6) is 0.0881. The molecule has 1 aliphatic carbocycles. The van der Waals surface area contributed by atoms with Gasteiger partial charge >= 0.3 is 5.97 Å². The molecule has 1 aliphatic rings. The largest absolute Gasteiger partial charge is 0.493 e. The van der Waals surface area contributed by atoms with Gasteiger partial charge in [-0.1, -0.05) is 0 Å². The molecule has 0 bridgehead atoms. The van der Waals surface area contributed by atoms with Gasteiger partial charge in [0.2, 0.25) is 0 Å². The number of carboxylic acid groups (broad SMARTS) is 1. The fourth-order valence-electron chi connectivity index (χ4n) is 3.23. The number of hydrogen-bond donors (Lipinski definition) is 1. The van der Waals surface area contributed by atoms with Crippen LogP contribution >= 0.6 is 11.3 Å². The second-order valence-corrected chi connectivity index (χ2v) is 6.75. The first-order chi connectivity index (χ1) is 11.6. The minimum absolute atomic E-state index is 0.443. The highest BCUT2D eigenvalue weighted by Crippen LogP contribution is 2.40. The van der Waals surface area contributed by atoms with Crippen molar-refractivity contribution in [2.45, 2.75) is 18.8 Å². The van der Waals surface area contributed by atoms with Crippen molar-refractivity contribution in [2.75, 3.05) is 14.2 Å². The Labute approximate surface area is 142 Å². The lowest BCUT2D eigenvalue weighted by Gasteiger charge is -2.08. The van der Waals surface area contributed by atoms with Crippen LogP contribution in [0.2, 0.25) is 0 Å². The van der Waals surface area contributed by atoms with Gasteiger partial charge in [0, 0.05) is 16.6 Å². The van der Waals surface area contributed by atoms with Gasteiger partial charge < -0.3 is 14.6 Å². The first-order valence-electron chi connectivity index (χ1n) is 7.58. The third-order valence-corrected chi connectivity index (χ3v) is 5.53. The van der Waals surface area contributed by atoms with E-state index >= 15 is 0 Å². The zero-order chi connectivity index (χ0) is 16.8. The van der Waals surface area contributed by atoms with Crippen LogP contribution in [0.25, 0.3) is 16.2 Å². The average Bonchev–Trinajstić information content (AvgIpc) is 3.24. The standard InChI is InChI=1S/C17H16N2O4S/c1-22-12-5-3-9(7-13(12)23-2)11-8-19-15-10(16(20)21)4-6-14(15)24-17(19)18-11/h3,5,7-8,10H,4,6H2,1-2H3,(H,20,21). The van der Waals surface area contributed by atoms with Crippen LogP contribution in [-0.4, -0.2) is 34.7 Å². The highest BCUT2D eigenvalue weighted by atomic mass is 32.1. The summed E-state index contributed by atoms with van der Waals surface area (Å²) in [5.41, 5.74) is 2.57. The summed E-state index contributed by atoms with van der Waals surface area (Å²) in [4.78, 5) is 18.1. The Hall–Kier alpha value is -2.54. The summed E-state index contributed by atoms with van der Waals surface area (Å²) >= 11 is 1.57. The van der Waals surface area contributed by atoms with Crippen LogP contribution in [0, 0.1) is 0 Å². The van der Waals surface area contributed by atoms with Crippen molar-refractivity contribution in [2.24, 2.45) is 0 Å². The number of nitrogens with zero attached hydrogens (tertiary/aromatic N) is 2. The van der Waals surface area contributed by atoms with Gasteiger partial charge in [0.05, 0.1) is 31.5 Å². The fraction of sp³-hybridized carbons (Fsp3) is 0.294. The number of hydrogen-bond acceptors (Lipinski definition) is 5. The molecular weight excluding hydrogens is 328 g/mol. The van der Waals surface area contributed by atoms with E-state index in [0.717, 1.165) is 33.2 Å². The molecule has 1 aromatic carbocycles. The van der Waals surface area contributed by atoms with Gasteiger partial charge in [-0.05, 0) is 31.0 Å². The Bertz CT molecular complexity index is 944. The number of ether oxygens (including phenoxy) is 2. The lowest BCUT2D eigenvalue weighted by Crippen LogP contribution is -2.09. The van der Waals surface area contributed by atoms with E-state index in [1.165, 1.54) is 0 Å². The maximum absolute atomic E-state index is 11.5. The van der Waals surface area contributed by atoms with Crippen LogP contribution in [0.15, 0.2) is 24.4 Å². The Kier molecular flexibility index (Phi) is 3.45. The quantitative estimate of drug-likeness (QED) is 0.787. The first kappa shape index (κ1) is 15.0. The molecular formula is C17H16N2O4S. The van der Waals surface area contributed by atoms with Crippen molar-refractivity contribution in [3.05, 3.63) is 35.0 Å². The van der Waals surface area contributed by atoms with E-state index in [1.54, 1.807) is 25.6 Å². The monoisotopic (exact) mass is 344 g/mol. The first-order valence-corrected chi connectivity index (χ1v) is 8.40. The molecule has 1 unspecified atom stereocenters. The molecule has 0 fully saturated rings. The molecule has 124 valence electrons. The number of methoxy groups -OCH3 is 2. The molecule has 1 atom stereocenters. The zero-order valence-corrected chi connectivity index (χ0v) is 14.1. The van der Waals surface area contributed by atoms with E-state index in [9.17, 15) is 9.90 Å². The van der Waals surface area contributed by atoms with Crippen molar-refractivity contribution in [3.8, 4) is 22.8 Å². The summed E-state index contributed by atoms with van der Waals surface area (Å²) in [7, 11) is 3.19. The van der Waals surface area contributed by atoms with Crippen LogP contribution in [0.5, 0.6) is 11.5 Å². The van der Waals surface area contributed by atoms with Crippen LogP contribution < -0.4 is 9.47 Å². The minimum Gasteiger partial charge on any atom is -0.493 e. The number of carbonyl (C=O) groups is 1. The third-order valence-electron chi connectivity index (χ3n) is 4.40. The third kappa shape index (κ3) is 2.16. The number of aromatic nitrogens is 2. The molecule has 0 spiro atoms. The number of thiazole rings is 1. The normalized spacial score (nSPS) is 16.3. The van der Waals surface area contributed by atoms with Crippen LogP contribution in [-0.2, 0) is 11.2 Å². The van der Waals surface area contributed by atoms with Gasteiger partial charge in [0.15, 0.2) is 16.5 Å². The Balaban J connectivity index is 1.81. The molecule has 2 aromatic heterocycles. The van der Waals surface area contributed by atoms with Crippen LogP contribution in [0.3, 0.4) is 0 Å². The number of benzene rings is 1. The predicted molar refractivity (Wildman–Crippen MR) is 90.3 cm³/mol. The molecule has 24 heavy (non-hydrogen) atoms. The van der Waals surface area contributed by atoms with Crippen molar-refractivity contribution >= 4 is 22.3 Å². The predicted octanol–water partition coefficient (Wildman–Crippen LogP) is 3.19. The summed E-state index contributed by atoms with van der Waals surface area (Å²) in [6, 6.07) is 5.63. The number of fused-ring (bicyclic) bond motifs is 3. The van der Waals surface area contributed by atoms with E-state index in [4.69, 9.17) is 9.47 Å². The highest BCUT2D eigenvalue weighted by Gasteiger charge is 2.33. The zero-order valence-electron chi connectivity index (χ0n) is 13.3. The molecule has 0 amide bonds. The van der Waals surface area contributed by atoms with E-state index < -0.39 is 11.9 Å². The van der Waals surface area contributed by atoms with Crippen LogP contribution in [0.4, 0.5) is 0 Å². The molecule has 6 nitrogen and oxygen atoms in total. The van der Waals surface area contributed by atoms with Crippen molar-refractivity contribution in [1.82, 2.24) is 9.38 Å². The van der Waals surface area contributed by atoms with Gasteiger partial charge in [-0.15, -0.1) is 11.3 Å². The SMILES string of the molecule is COc1ccc(-c2cn3c4c(sc3n2)CCC4C(=O)O)cc1OC. The number of aryl methyl sites for hydroxylation is 1. The summed E-state index contributed by atoms with van der Waals surface area (Å²) in [6.07, 6.45) is 3.38. The molecule has 2 heterocycles. The summed E-state index contributed by atoms with van der Waals surface area (Å²) in [5, 5.41) is 9.43. The molecule has 0 aliphatic heterocycles.